The van der Waals surface area contributed by atoms with Gasteiger partial charge in [-0.3, -0.25) is 4.79 Å². The summed E-state index contributed by atoms with van der Waals surface area (Å²) >= 11 is 0. The summed E-state index contributed by atoms with van der Waals surface area (Å²) in [5, 5.41) is 9.10. The molecule has 106 valence electrons. The van der Waals surface area contributed by atoms with E-state index >= 15 is 0 Å². The molecule has 0 saturated carbocycles. The molecule has 2 aromatic carbocycles. The Hall–Kier alpha value is -2.80. The number of carbonyl (C=O) groups is 1. The zero-order valence-corrected chi connectivity index (χ0v) is 11.7. The Balaban J connectivity index is 2.11. The van der Waals surface area contributed by atoms with E-state index in [2.05, 4.69) is 0 Å². The van der Waals surface area contributed by atoms with Crippen LogP contribution in [0.15, 0.2) is 54.6 Å². The van der Waals surface area contributed by atoms with E-state index in [4.69, 9.17) is 14.7 Å². The molecule has 0 N–H and O–H groups in total. The standard InChI is InChI=1S/C17H15NO3/c1-2-20-17(19)16(12-18)13-8-10-15(11-9-13)21-14-6-4-3-5-7-14/h3-11,16H,2H2,1H3. The molecule has 0 aliphatic carbocycles. The summed E-state index contributed by atoms with van der Waals surface area (Å²) in [5.74, 6) is -0.0644. The molecule has 0 radical (unpaired) electrons. The molecule has 0 spiro atoms. The lowest BCUT2D eigenvalue weighted by molar-refractivity contribution is -0.143. The SMILES string of the molecule is CCOC(=O)C(C#N)c1ccc(Oc2ccccc2)cc1. The third-order valence-corrected chi connectivity index (χ3v) is 2.84. The number of nitriles is 1. The minimum absolute atomic E-state index is 0.256. The molecular weight excluding hydrogens is 266 g/mol. The van der Waals surface area contributed by atoms with Crippen molar-refractivity contribution in [2.24, 2.45) is 0 Å². The predicted molar refractivity (Wildman–Crippen MR) is 77.9 cm³/mol. The van der Waals surface area contributed by atoms with Crippen molar-refractivity contribution in [2.45, 2.75) is 12.8 Å². The molecule has 2 aromatic rings. The third-order valence-electron chi connectivity index (χ3n) is 2.84. The average Bonchev–Trinajstić information content (AvgIpc) is 2.51. The number of para-hydroxylation sites is 1. The van der Waals surface area contributed by atoms with Gasteiger partial charge in [-0.25, -0.2) is 0 Å². The van der Waals surface area contributed by atoms with E-state index in [0.717, 1.165) is 5.75 Å². The molecule has 2 rings (SSSR count). The number of rotatable bonds is 5. The van der Waals surface area contributed by atoms with Crippen LogP contribution in [0, 0.1) is 11.3 Å². The lowest BCUT2D eigenvalue weighted by atomic mass is 10.0. The quantitative estimate of drug-likeness (QED) is 0.785. The molecule has 0 aromatic heterocycles. The van der Waals surface area contributed by atoms with Gasteiger partial charge in [-0.15, -0.1) is 0 Å². The summed E-state index contributed by atoms with van der Waals surface area (Å²) < 4.78 is 10.5. The molecule has 1 atom stereocenters. The van der Waals surface area contributed by atoms with E-state index in [1.54, 1.807) is 31.2 Å². The molecule has 21 heavy (non-hydrogen) atoms. The molecular formula is C17H15NO3. The molecule has 0 heterocycles. The van der Waals surface area contributed by atoms with Gasteiger partial charge < -0.3 is 9.47 Å². The second-order valence-corrected chi connectivity index (χ2v) is 4.30. The number of esters is 1. The maximum absolute atomic E-state index is 11.7. The lowest BCUT2D eigenvalue weighted by Crippen LogP contribution is -2.14. The summed E-state index contributed by atoms with van der Waals surface area (Å²) in [5.41, 5.74) is 0.594. The number of carbonyl (C=O) groups excluding carboxylic acids is 1. The van der Waals surface area contributed by atoms with Crippen LogP contribution in [-0.2, 0) is 9.53 Å². The average molecular weight is 281 g/mol. The first kappa shape index (κ1) is 14.6. The highest BCUT2D eigenvalue weighted by Crippen LogP contribution is 2.24. The Morgan fingerprint density at radius 1 is 1.10 bits per heavy atom. The van der Waals surface area contributed by atoms with Crippen molar-refractivity contribution in [3.05, 3.63) is 60.2 Å². The summed E-state index contributed by atoms with van der Waals surface area (Å²) in [7, 11) is 0. The lowest BCUT2D eigenvalue weighted by Gasteiger charge is -2.10. The van der Waals surface area contributed by atoms with E-state index in [9.17, 15) is 4.79 Å². The number of benzene rings is 2. The number of hydrogen-bond donors (Lipinski definition) is 0. The number of ether oxygens (including phenoxy) is 2. The van der Waals surface area contributed by atoms with Crippen LogP contribution in [0.25, 0.3) is 0 Å². The zero-order valence-electron chi connectivity index (χ0n) is 11.7. The van der Waals surface area contributed by atoms with Crippen LogP contribution in [0.2, 0.25) is 0 Å². The first-order valence-corrected chi connectivity index (χ1v) is 6.63. The van der Waals surface area contributed by atoms with Crippen molar-refractivity contribution < 1.29 is 14.3 Å². The van der Waals surface area contributed by atoms with Crippen molar-refractivity contribution in [1.29, 1.82) is 5.26 Å². The van der Waals surface area contributed by atoms with Gasteiger partial charge >= 0.3 is 5.97 Å². The molecule has 0 fully saturated rings. The Labute approximate surface area is 123 Å². The summed E-state index contributed by atoms with van der Waals surface area (Å²) in [4.78, 5) is 11.7. The van der Waals surface area contributed by atoms with Crippen molar-refractivity contribution >= 4 is 5.97 Å². The normalized spacial score (nSPS) is 11.2. The number of nitrogens with zero attached hydrogens (tertiary/aromatic N) is 1. The molecule has 0 amide bonds. The van der Waals surface area contributed by atoms with Crippen molar-refractivity contribution in [3.8, 4) is 17.6 Å². The van der Waals surface area contributed by atoms with Crippen LogP contribution >= 0.6 is 0 Å². The van der Waals surface area contributed by atoms with Gasteiger partial charge in [-0.1, -0.05) is 30.3 Å². The van der Waals surface area contributed by atoms with E-state index in [-0.39, 0.29) is 6.61 Å². The van der Waals surface area contributed by atoms with Gasteiger partial charge in [-0.05, 0) is 36.8 Å². The topological polar surface area (TPSA) is 59.3 Å². The Kier molecular flexibility index (Phi) is 4.94. The maximum atomic E-state index is 11.7. The smallest absolute Gasteiger partial charge is 0.327 e. The number of hydrogen-bond acceptors (Lipinski definition) is 4. The van der Waals surface area contributed by atoms with Crippen LogP contribution in [0.1, 0.15) is 18.4 Å². The molecule has 4 nitrogen and oxygen atoms in total. The molecule has 0 aliphatic heterocycles. The first-order chi connectivity index (χ1) is 10.2. The van der Waals surface area contributed by atoms with Gasteiger partial charge in [0.2, 0.25) is 0 Å². The Morgan fingerprint density at radius 2 is 1.71 bits per heavy atom. The van der Waals surface area contributed by atoms with E-state index in [1.165, 1.54) is 0 Å². The fraction of sp³-hybridized carbons (Fsp3) is 0.176. The van der Waals surface area contributed by atoms with E-state index < -0.39 is 11.9 Å². The Morgan fingerprint density at radius 3 is 2.29 bits per heavy atom. The molecule has 0 aliphatic rings. The Bertz CT molecular complexity index is 629. The third kappa shape index (κ3) is 3.83. The molecule has 1 unspecified atom stereocenters. The second-order valence-electron chi connectivity index (χ2n) is 4.30. The van der Waals surface area contributed by atoms with Gasteiger partial charge in [0.15, 0.2) is 5.92 Å². The van der Waals surface area contributed by atoms with E-state index in [1.807, 2.05) is 36.4 Å². The second kappa shape index (κ2) is 7.11. The monoisotopic (exact) mass is 281 g/mol. The fourth-order valence-corrected chi connectivity index (χ4v) is 1.84. The highest BCUT2D eigenvalue weighted by Gasteiger charge is 2.21. The maximum Gasteiger partial charge on any atom is 0.327 e. The van der Waals surface area contributed by atoms with Gasteiger partial charge in [-0.2, -0.15) is 5.26 Å². The minimum Gasteiger partial charge on any atom is -0.465 e. The fourth-order valence-electron chi connectivity index (χ4n) is 1.84. The summed E-state index contributed by atoms with van der Waals surface area (Å²) in [6, 6.07) is 18.2. The van der Waals surface area contributed by atoms with Crippen molar-refractivity contribution in [3.63, 3.8) is 0 Å². The van der Waals surface area contributed by atoms with Gasteiger partial charge in [0.1, 0.15) is 11.5 Å². The van der Waals surface area contributed by atoms with Gasteiger partial charge in [0, 0.05) is 0 Å². The summed E-state index contributed by atoms with van der Waals surface area (Å²) in [6.07, 6.45) is 0. The van der Waals surface area contributed by atoms with Crippen LogP contribution in [0.3, 0.4) is 0 Å². The molecule has 4 heteroatoms. The van der Waals surface area contributed by atoms with Crippen LogP contribution < -0.4 is 4.74 Å². The first-order valence-electron chi connectivity index (χ1n) is 6.63. The van der Waals surface area contributed by atoms with Gasteiger partial charge in [0.05, 0.1) is 12.7 Å². The zero-order chi connectivity index (χ0) is 15.1. The largest absolute Gasteiger partial charge is 0.465 e. The van der Waals surface area contributed by atoms with E-state index in [0.29, 0.717) is 11.3 Å². The van der Waals surface area contributed by atoms with Crippen molar-refractivity contribution in [2.75, 3.05) is 6.61 Å². The predicted octanol–water partition coefficient (Wildman–Crippen LogP) is 3.65. The summed E-state index contributed by atoms with van der Waals surface area (Å²) in [6.45, 7) is 1.97. The highest BCUT2D eigenvalue weighted by atomic mass is 16.5. The molecule has 0 saturated heterocycles. The van der Waals surface area contributed by atoms with Crippen LogP contribution in [0.5, 0.6) is 11.5 Å². The molecule has 0 bridgehead atoms. The van der Waals surface area contributed by atoms with Crippen molar-refractivity contribution in [1.82, 2.24) is 0 Å². The highest BCUT2D eigenvalue weighted by molar-refractivity contribution is 5.81. The van der Waals surface area contributed by atoms with Gasteiger partial charge in [0.25, 0.3) is 0 Å². The minimum atomic E-state index is -0.907. The van der Waals surface area contributed by atoms with Crippen LogP contribution in [-0.4, -0.2) is 12.6 Å². The van der Waals surface area contributed by atoms with Crippen LogP contribution in [0.4, 0.5) is 0 Å².